The van der Waals surface area contributed by atoms with E-state index in [0.29, 0.717) is 21.2 Å². The number of anilines is 1. The normalized spacial score (nSPS) is 13.2. The summed E-state index contributed by atoms with van der Waals surface area (Å²) < 4.78 is 11.1. The van der Waals surface area contributed by atoms with Gasteiger partial charge in [0.2, 0.25) is 5.91 Å². The van der Waals surface area contributed by atoms with Crippen molar-refractivity contribution < 1.29 is 23.9 Å². The number of amides is 1. The van der Waals surface area contributed by atoms with Crippen LogP contribution in [0.15, 0.2) is 4.99 Å². The molecule has 0 saturated carbocycles. The number of ether oxygens (including phenoxy) is 2. The molecule has 148 valence electrons. The number of carbonyl (C=O) groups excluding carboxylic acids is 3. The van der Waals surface area contributed by atoms with E-state index in [4.69, 9.17) is 9.47 Å². The summed E-state index contributed by atoms with van der Waals surface area (Å²) in [5.41, 5.74) is 0.667. The zero-order chi connectivity index (χ0) is 19.8. The fourth-order valence-corrected chi connectivity index (χ4v) is 5.39. The van der Waals surface area contributed by atoms with Crippen molar-refractivity contribution in [3.63, 3.8) is 0 Å². The Kier molecular flexibility index (Phi) is 8.65. The Morgan fingerprint density at radius 1 is 1.19 bits per heavy atom. The van der Waals surface area contributed by atoms with Crippen molar-refractivity contribution in [3.8, 4) is 0 Å². The van der Waals surface area contributed by atoms with E-state index in [0.717, 1.165) is 28.0 Å². The number of thioether (sulfide) groups is 2. The lowest BCUT2D eigenvalue weighted by atomic mass is 10.1. The first-order valence-corrected chi connectivity index (χ1v) is 11.3. The van der Waals surface area contributed by atoms with Gasteiger partial charge in [0.1, 0.15) is 14.3 Å². The second-order valence-electron chi connectivity index (χ2n) is 5.34. The van der Waals surface area contributed by atoms with Crippen LogP contribution in [-0.2, 0) is 14.3 Å². The second-order valence-corrected chi connectivity index (χ2v) is 8.79. The van der Waals surface area contributed by atoms with Crippen LogP contribution < -0.4 is 5.32 Å². The van der Waals surface area contributed by atoms with Crippen LogP contribution in [0.1, 0.15) is 45.9 Å². The average Bonchev–Trinajstić information content (AvgIpc) is 3.23. The predicted molar refractivity (Wildman–Crippen MR) is 111 cm³/mol. The number of aliphatic imine (C=N–C) groups is 1. The lowest BCUT2D eigenvalue weighted by Gasteiger charge is -2.07. The summed E-state index contributed by atoms with van der Waals surface area (Å²) in [6.45, 7) is 6.31. The topological polar surface area (TPSA) is 94.1 Å². The Morgan fingerprint density at radius 3 is 2.52 bits per heavy atom. The fraction of sp³-hybridized carbons (Fsp3) is 0.529. The second kappa shape index (κ2) is 10.7. The molecule has 0 bridgehead atoms. The van der Waals surface area contributed by atoms with E-state index in [2.05, 4.69) is 10.3 Å². The number of carbonyl (C=O) groups is 3. The van der Waals surface area contributed by atoms with Gasteiger partial charge in [-0.2, -0.15) is 0 Å². The van der Waals surface area contributed by atoms with Gasteiger partial charge in [-0.15, -0.1) is 11.3 Å². The van der Waals surface area contributed by atoms with E-state index < -0.39 is 11.9 Å². The van der Waals surface area contributed by atoms with E-state index in [-0.39, 0.29) is 31.1 Å². The minimum atomic E-state index is -0.566. The maximum atomic E-state index is 12.3. The molecule has 0 fully saturated rings. The van der Waals surface area contributed by atoms with Gasteiger partial charge in [-0.1, -0.05) is 23.5 Å². The van der Waals surface area contributed by atoms with Crippen LogP contribution >= 0.6 is 34.9 Å². The summed E-state index contributed by atoms with van der Waals surface area (Å²) in [7, 11) is 0. The van der Waals surface area contributed by atoms with Gasteiger partial charge in [0.15, 0.2) is 0 Å². The number of hydrogen-bond acceptors (Lipinski definition) is 9. The quantitative estimate of drug-likeness (QED) is 0.630. The van der Waals surface area contributed by atoms with E-state index in [1.54, 1.807) is 44.3 Å². The van der Waals surface area contributed by atoms with Gasteiger partial charge in [-0.05, 0) is 26.3 Å². The first-order valence-electron chi connectivity index (χ1n) is 8.55. The molecule has 1 aliphatic rings. The number of rotatable bonds is 8. The van der Waals surface area contributed by atoms with Crippen LogP contribution in [0.2, 0.25) is 0 Å². The predicted octanol–water partition coefficient (Wildman–Crippen LogP) is 3.57. The third-order valence-electron chi connectivity index (χ3n) is 3.45. The first-order chi connectivity index (χ1) is 13.0. The molecule has 0 aliphatic carbocycles. The molecule has 1 N–H and O–H groups in total. The molecule has 0 radical (unpaired) electrons. The number of hydrogen-bond donors (Lipinski definition) is 1. The molecular weight excluding hydrogens is 408 g/mol. The van der Waals surface area contributed by atoms with Gasteiger partial charge in [0, 0.05) is 17.9 Å². The van der Waals surface area contributed by atoms with Gasteiger partial charge in [0.05, 0.1) is 25.3 Å². The molecule has 2 heterocycles. The van der Waals surface area contributed by atoms with Crippen LogP contribution in [0.25, 0.3) is 0 Å². The SMILES string of the molecule is CCOC(=O)c1sc(NC(=O)CCSC2=NCCS2)c(C(=O)OCC)c1C. The van der Waals surface area contributed by atoms with E-state index in [1.165, 1.54) is 0 Å². The van der Waals surface area contributed by atoms with E-state index >= 15 is 0 Å². The van der Waals surface area contributed by atoms with Crippen molar-refractivity contribution in [2.45, 2.75) is 27.2 Å². The van der Waals surface area contributed by atoms with Crippen molar-refractivity contribution in [3.05, 3.63) is 16.0 Å². The summed E-state index contributed by atoms with van der Waals surface area (Å²) in [4.78, 5) is 41.4. The highest BCUT2D eigenvalue weighted by atomic mass is 32.2. The van der Waals surface area contributed by atoms with Crippen molar-refractivity contribution in [2.75, 3.05) is 36.6 Å². The van der Waals surface area contributed by atoms with Gasteiger partial charge in [0.25, 0.3) is 0 Å². The number of nitrogens with one attached hydrogen (secondary N) is 1. The fourth-order valence-electron chi connectivity index (χ4n) is 2.26. The molecule has 1 aromatic rings. The van der Waals surface area contributed by atoms with Crippen LogP contribution in [0.3, 0.4) is 0 Å². The molecule has 7 nitrogen and oxygen atoms in total. The molecule has 1 amide bonds. The maximum Gasteiger partial charge on any atom is 0.348 e. The molecule has 1 aliphatic heterocycles. The Balaban J connectivity index is 2.10. The zero-order valence-electron chi connectivity index (χ0n) is 15.5. The minimum Gasteiger partial charge on any atom is -0.462 e. The Labute approximate surface area is 170 Å². The molecule has 0 saturated heterocycles. The zero-order valence-corrected chi connectivity index (χ0v) is 17.9. The molecule has 10 heteroatoms. The van der Waals surface area contributed by atoms with E-state index in [1.807, 2.05) is 0 Å². The number of thiophene rings is 1. The average molecular weight is 431 g/mol. The van der Waals surface area contributed by atoms with Gasteiger partial charge in [-0.25, -0.2) is 9.59 Å². The van der Waals surface area contributed by atoms with Crippen LogP contribution in [-0.4, -0.2) is 53.5 Å². The largest absolute Gasteiger partial charge is 0.462 e. The molecular formula is C17H22N2O5S3. The molecule has 0 atom stereocenters. The van der Waals surface area contributed by atoms with Crippen molar-refractivity contribution in [1.29, 1.82) is 0 Å². The van der Waals surface area contributed by atoms with Gasteiger partial charge < -0.3 is 14.8 Å². The molecule has 0 aromatic carbocycles. The van der Waals surface area contributed by atoms with Crippen molar-refractivity contribution in [1.82, 2.24) is 0 Å². The summed E-state index contributed by atoms with van der Waals surface area (Å²) in [6, 6.07) is 0. The van der Waals surface area contributed by atoms with Crippen LogP contribution in [0.4, 0.5) is 5.00 Å². The monoisotopic (exact) mass is 430 g/mol. The lowest BCUT2D eigenvalue weighted by Crippen LogP contribution is -2.15. The Bertz CT molecular complexity index is 745. The summed E-state index contributed by atoms with van der Waals surface area (Å²) in [6.07, 6.45) is 0.276. The highest BCUT2D eigenvalue weighted by molar-refractivity contribution is 8.39. The lowest BCUT2D eigenvalue weighted by molar-refractivity contribution is -0.115. The van der Waals surface area contributed by atoms with Gasteiger partial charge >= 0.3 is 11.9 Å². The summed E-state index contributed by atoms with van der Waals surface area (Å²) >= 11 is 4.28. The van der Waals surface area contributed by atoms with Crippen molar-refractivity contribution >= 4 is 62.1 Å². The third-order valence-corrected chi connectivity index (χ3v) is 6.89. The molecule has 0 spiro atoms. The molecule has 0 unspecified atom stereocenters. The highest BCUT2D eigenvalue weighted by Crippen LogP contribution is 2.34. The summed E-state index contributed by atoms with van der Waals surface area (Å²) in [5, 5.41) is 3.06. The Hall–Kier alpha value is -1.52. The number of nitrogens with zero attached hydrogens (tertiary/aromatic N) is 1. The molecule has 1 aromatic heterocycles. The number of esters is 2. The molecule has 27 heavy (non-hydrogen) atoms. The highest BCUT2D eigenvalue weighted by Gasteiger charge is 2.27. The smallest absolute Gasteiger partial charge is 0.348 e. The van der Waals surface area contributed by atoms with Gasteiger partial charge in [-0.3, -0.25) is 9.79 Å². The first kappa shape index (κ1) is 21.8. The van der Waals surface area contributed by atoms with Crippen LogP contribution in [0, 0.1) is 6.92 Å². The maximum absolute atomic E-state index is 12.3. The third kappa shape index (κ3) is 5.98. The Morgan fingerprint density at radius 2 is 1.89 bits per heavy atom. The molecule has 2 rings (SSSR count). The van der Waals surface area contributed by atoms with Crippen LogP contribution in [0.5, 0.6) is 0 Å². The van der Waals surface area contributed by atoms with E-state index in [9.17, 15) is 14.4 Å². The standard InChI is InChI=1S/C17H22N2O5S3/c1-4-23-15(21)12-10(3)13(16(22)24-5-2)27-14(12)19-11(20)6-8-25-17-18-7-9-26-17/h4-9H2,1-3H3,(H,19,20). The summed E-state index contributed by atoms with van der Waals surface area (Å²) in [5.74, 6) is 0.277. The van der Waals surface area contributed by atoms with Crippen molar-refractivity contribution in [2.24, 2.45) is 4.99 Å². The minimum absolute atomic E-state index is 0.201.